The van der Waals surface area contributed by atoms with Crippen LogP contribution >= 0.6 is 0 Å². The van der Waals surface area contributed by atoms with Gasteiger partial charge in [-0.15, -0.1) is 0 Å². The molecule has 188 valence electrons. The Morgan fingerprint density at radius 1 is 1.08 bits per heavy atom. The lowest BCUT2D eigenvalue weighted by molar-refractivity contribution is 0.101. The third-order valence-corrected chi connectivity index (χ3v) is 6.10. The van der Waals surface area contributed by atoms with Crippen LogP contribution in [0.3, 0.4) is 0 Å². The summed E-state index contributed by atoms with van der Waals surface area (Å²) in [5.74, 6) is -0.570. The molecule has 37 heavy (non-hydrogen) atoms. The molecule has 0 bridgehead atoms. The molecule has 0 unspecified atom stereocenters. The van der Waals surface area contributed by atoms with E-state index < -0.39 is 11.7 Å². The number of aryl methyl sites for hydroxylation is 1. The Morgan fingerprint density at radius 2 is 1.89 bits per heavy atom. The van der Waals surface area contributed by atoms with Crippen LogP contribution in [-0.4, -0.2) is 39.8 Å². The Morgan fingerprint density at radius 3 is 2.65 bits per heavy atom. The molecule has 0 atom stereocenters. The number of carbonyl (C=O) groups excluding carboxylic acids is 1. The second-order valence-corrected chi connectivity index (χ2v) is 9.08. The molecule has 8 nitrogen and oxygen atoms in total. The molecule has 5 rings (SSSR count). The normalized spacial score (nSPS) is 11.4. The largest absolute Gasteiger partial charge is 0.380 e. The average molecular weight is 499 g/mol. The first-order chi connectivity index (χ1) is 17.8. The number of nitrogens with one attached hydrogen (secondary N) is 1. The van der Waals surface area contributed by atoms with Gasteiger partial charge in [-0.05, 0) is 74.1 Å². The number of hydrogen-bond donors (Lipinski definition) is 2. The summed E-state index contributed by atoms with van der Waals surface area (Å²) in [6.07, 6.45) is 0.639. The van der Waals surface area contributed by atoms with Crippen molar-refractivity contribution in [3.8, 4) is 16.8 Å². The van der Waals surface area contributed by atoms with Gasteiger partial charge in [-0.25, -0.2) is 9.07 Å². The van der Waals surface area contributed by atoms with Gasteiger partial charge in [0.2, 0.25) is 0 Å². The number of nitrogens with two attached hydrogens (primary N) is 1. The van der Waals surface area contributed by atoms with E-state index in [0.29, 0.717) is 46.6 Å². The molecular formula is C28H27FN6O2. The SMILES string of the molecule is CCc1cc(C(=O)Nc2ccc(-c3ccccc3CN(C)C)c(F)c2)n(-c2ccc3onc(N)c3c2)n1. The van der Waals surface area contributed by atoms with E-state index in [9.17, 15) is 4.79 Å². The summed E-state index contributed by atoms with van der Waals surface area (Å²) in [4.78, 5) is 15.3. The molecule has 0 spiro atoms. The summed E-state index contributed by atoms with van der Waals surface area (Å²) in [6, 6.07) is 19.4. The van der Waals surface area contributed by atoms with Crippen molar-refractivity contribution in [3.05, 3.63) is 89.5 Å². The standard InChI is InChI=1S/C28H27FN6O2/c1-4-18-14-25(35(32-18)20-10-12-26-23(15-20)27(30)33-37-26)28(36)31-19-9-11-22(24(29)13-19)21-8-6-5-7-17(21)16-34(2)3/h5-15H,4,16H2,1-3H3,(H2,30,33)(H,31,36). The first-order valence-corrected chi connectivity index (χ1v) is 11.9. The number of nitrogen functional groups attached to an aromatic ring is 1. The fourth-order valence-electron chi connectivity index (χ4n) is 4.31. The lowest BCUT2D eigenvalue weighted by Crippen LogP contribution is -2.17. The van der Waals surface area contributed by atoms with Crippen LogP contribution in [0.4, 0.5) is 15.9 Å². The zero-order valence-corrected chi connectivity index (χ0v) is 20.8. The van der Waals surface area contributed by atoms with Gasteiger partial charge in [-0.2, -0.15) is 5.10 Å². The van der Waals surface area contributed by atoms with Crippen LogP contribution in [0.1, 0.15) is 28.7 Å². The Labute approximate surface area is 213 Å². The van der Waals surface area contributed by atoms with Crippen LogP contribution < -0.4 is 11.1 Å². The highest BCUT2D eigenvalue weighted by atomic mass is 19.1. The minimum Gasteiger partial charge on any atom is -0.380 e. The van der Waals surface area contributed by atoms with Crippen LogP contribution in [0.15, 0.2) is 71.3 Å². The van der Waals surface area contributed by atoms with Crippen LogP contribution in [0.5, 0.6) is 0 Å². The van der Waals surface area contributed by atoms with Gasteiger partial charge in [0.15, 0.2) is 11.4 Å². The van der Waals surface area contributed by atoms with Gasteiger partial charge >= 0.3 is 0 Å². The predicted molar refractivity (Wildman–Crippen MR) is 142 cm³/mol. The summed E-state index contributed by atoms with van der Waals surface area (Å²) >= 11 is 0. The molecule has 0 saturated carbocycles. The van der Waals surface area contributed by atoms with Gasteiger partial charge < -0.3 is 20.5 Å². The molecular weight excluding hydrogens is 471 g/mol. The minimum atomic E-state index is -0.417. The molecule has 0 radical (unpaired) electrons. The number of aromatic nitrogens is 3. The van der Waals surface area contributed by atoms with E-state index in [2.05, 4.69) is 15.6 Å². The predicted octanol–water partition coefficient (Wildman–Crippen LogP) is 5.28. The summed E-state index contributed by atoms with van der Waals surface area (Å²) < 4.78 is 22.0. The highest BCUT2D eigenvalue weighted by molar-refractivity contribution is 6.04. The number of halogens is 1. The maximum atomic E-state index is 15.3. The Hall–Kier alpha value is -4.50. The van der Waals surface area contributed by atoms with Crippen molar-refractivity contribution in [1.29, 1.82) is 0 Å². The number of anilines is 2. The van der Waals surface area contributed by atoms with Crippen molar-refractivity contribution in [1.82, 2.24) is 19.8 Å². The van der Waals surface area contributed by atoms with E-state index in [4.69, 9.17) is 10.3 Å². The summed E-state index contributed by atoms with van der Waals surface area (Å²) in [6.45, 7) is 2.64. The molecule has 9 heteroatoms. The Kier molecular flexibility index (Phi) is 6.45. The number of nitrogens with zero attached hydrogens (tertiary/aromatic N) is 4. The van der Waals surface area contributed by atoms with Crippen LogP contribution in [0.2, 0.25) is 0 Å². The summed E-state index contributed by atoms with van der Waals surface area (Å²) in [5.41, 5.74) is 10.8. The number of benzene rings is 3. The third kappa shape index (κ3) is 4.81. The maximum Gasteiger partial charge on any atom is 0.274 e. The second kappa shape index (κ2) is 9.87. The van der Waals surface area contributed by atoms with Crippen LogP contribution in [0, 0.1) is 5.82 Å². The van der Waals surface area contributed by atoms with Gasteiger partial charge in [0.25, 0.3) is 5.91 Å². The molecule has 0 aliphatic rings. The number of hydrogen-bond acceptors (Lipinski definition) is 6. The first-order valence-electron chi connectivity index (χ1n) is 11.9. The zero-order chi connectivity index (χ0) is 26.1. The smallest absolute Gasteiger partial charge is 0.274 e. The van der Waals surface area contributed by atoms with Crippen molar-refractivity contribution in [2.75, 3.05) is 25.1 Å². The third-order valence-electron chi connectivity index (χ3n) is 6.10. The maximum absolute atomic E-state index is 15.3. The molecule has 0 fully saturated rings. The van der Waals surface area contributed by atoms with Crippen molar-refractivity contribution >= 4 is 28.4 Å². The van der Waals surface area contributed by atoms with E-state index in [0.717, 1.165) is 16.8 Å². The number of fused-ring (bicyclic) bond motifs is 1. The quantitative estimate of drug-likeness (QED) is 0.317. The van der Waals surface area contributed by atoms with Crippen LogP contribution in [-0.2, 0) is 13.0 Å². The fraction of sp³-hybridized carbons (Fsp3) is 0.179. The molecule has 2 heterocycles. The molecule has 0 aliphatic carbocycles. The number of carbonyl (C=O) groups is 1. The van der Waals surface area contributed by atoms with Gasteiger partial charge in [0.1, 0.15) is 11.5 Å². The highest BCUT2D eigenvalue weighted by Crippen LogP contribution is 2.29. The lowest BCUT2D eigenvalue weighted by atomic mass is 9.98. The first kappa shape index (κ1) is 24.2. The monoisotopic (exact) mass is 498 g/mol. The minimum absolute atomic E-state index is 0.258. The van der Waals surface area contributed by atoms with E-state index in [1.165, 1.54) is 6.07 Å². The molecule has 1 amide bonds. The molecule has 0 aliphatic heterocycles. The van der Waals surface area contributed by atoms with Gasteiger partial charge in [0.05, 0.1) is 16.8 Å². The molecule has 5 aromatic rings. The van der Waals surface area contributed by atoms with Gasteiger partial charge in [-0.1, -0.05) is 36.3 Å². The summed E-state index contributed by atoms with van der Waals surface area (Å²) in [7, 11) is 3.94. The van der Waals surface area contributed by atoms with Crippen molar-refractivity contribution < 1.29 is 13.7 Å². The second-order valence-electron chi connectivity index (χ2n) is 9.08. The van der Waals surface area contributed by atoms with Gasteiger partial charge in [0, 0.05) is 17.8 Å². The fourth-order valence-corrected chi connectivity index (χ4v) is 4.31. The number of amides is 1. The molecule has 3 N–H and O–H groups in total. The van der Waals surface area contributed by atoms with Crippen LogP contribution in [0.25, 0.3) is 27.8 Å². The highest BCUT2D eigenvalue weighted by Gasteiger charge is 2.19. The Bertz CT molecular complexity index is 1600. The zero-order valence-electron chi connectivity index (χ0n) is 20.8. The molecule has 2 aromatic heterocycles. The van der Waals surface area contributed by atoms with Crippen molar-refractivity contribution in [3.63, 3.8) is 0 Å². The average Bonchev–Trinajstić information content (AvgIpc) is 3.48. The van der Waals surface area contributed by atoms with Crippen molar-refractivity contribution in [2.24, 2.45) is 0 Å². The van der Waals surface area contributed by atoms with E-state index in [-0.39, 0.29) is 5.82 Å². The van der Waals surface area contributed by atoms with E-state index >= 15 is 4.39 Å². The number of rotatable bonds is 7. The summed E-state index contributed by atoms with van der Waals surface area (Å²) in [5, 5.41) is 11.8. The topological polar surface area (TPSA) is 102 Å². The van der Waals surface area contributed by atoms with Gasteiger partial charge in [-0.3, -0.25) is 4.79 Å². The molecule has 0 saturated heterocycles. The van der Waals surface area contributed by atoms with Crippen molar-refractivity contribution in [2.45, 2.75) is 19.9 Å². The lowest BCUT2D eigenvalue weighted by Gasteiger charge is -2.15. The van der Waals surface area contributed by atoms with E-state index in [1.807, 2.05) is 50.2 Å². The molecule has 3 aromatic carbocycles. The Balaban J connectivity index is 1.45. The van der Waals surface area contributed by atoms with E-state index in [1.54, 1.807) is 41.1 Å².